The molecule has 0 fully saturated rings. The quantitative estimate of drug-likeness (QED) is 0.658. The zero-order chi connectivity index (χ0) is 15.1. The van der Waals surface area contributed by atoms with Gasteiger partial charge in [-0.2, -0.15) is 0 Å². The molecule has 0 N–H and O–H groups in total. The van der Waals surface area contributed by atoms with Gasteiger partial charge < -0.3 is 4.74 Å². The number of thiazole rings is 1. The van der Waals surface area contributed by atoms with Crippen LogP contribution < -0.4 is 0 Å². The second-order valence-electron chi connectivity index (χ2n) is 5.25. The van der Waals surface area contributed by atoms with Crippen molar-refractivity contribution < 1.29 is 9.53 Å². The van der Waals surface area contributed by atoms with Crippen molar-refractivity contribution in [2.24, 2.45) is 0 Å². The number of thiophene rings is 1. The van der Waals surface area contributed by atoms with Gasteiger partial charge in [-0.3, -0.25) is 4.40 Å². The number of esters is 1. The minimum absolute atomic E-state index is 0.137. The Morgan fingerprint density at radius 3 is 3.14 bits per heavy atom. The fourth-order valence-corrected chi connectivity index (χ4v) is 4.89. The molecule has 0 bridgehead atoms. The zero-order valence-corrected chi connectivity index (χ0v) is 14.1. The summed E-state index contributed by atoms with van der Waals surface area (Å²) in [6.45, 7) is 0.137. The van der Waals surface area contributed by atoms with E-state index in [-0.39, 0.29) is 12.6 Å². The largest absolute Gasteiger partial charge is 0.455 e. The Labute approximate surface area is 140 Å². The number of rotatable bonds is 3. The molecular formula is C15H13ClN2O2S2. The predicted molar refractivity (Wildman–Crippen MR) is 88.2 cm³/mol. The minimum Gasteiger partial charge on any atom is -0.455 e. The normalized spacial score (nSPS) is 14.2. The summed E-state index contributed by atoms with van der Waals surface area (Å²) in [5, 5.41) is 2.32. The van der Waals surface area contributed by atoms with Gasteiger partial charge in [-0.05, 0) is 37.3 Å². The first-order valence-electron chi connectivity index (χ1n) is 7.11. The van der Waals surface area contributed by atoms with Crippen molar-refractivity contribution in [3.8, 4) is 0 Å². The summed E-state index contributed by atoms with van der Waals surface area (Å²) in [6, 6.07) is 1.99. The van der Waals surface area contributed by atoms with Gasteiger partial charge >= 0.3 is 5.97 Å². The van der Waals surface area contributed by atoms with Crippen LogP contribution in [-0.4, -0.2) is 15.4 Å². The van der Waals surface area contributed by atoms with Gasteiger partial charge in [-0.1, -0.05) is 11.6 Å². The van der Waals surface area contributed by atoms with Gasteiger partial charge in [0.05, 0.1) is 5.69 Å². The van der Waals surface area contributed by atoms with Crippen LogP contribution in [0.5, 0.6) is 0 Å². The third kappa shape index (κ3) is 2.45. The van der Waals surface area contributed by atoms with Gasteiger partial charge in [-0.15, -0.1) is 22.7 Å². The van der Waals surface area contributed by atoms with E-state index >= 15 is 0 Å². The smallest absolute Gasteiger partial charge is 0.348 e. The fourth-order valence-electron chi connectivity index (χ4n) is 2.73. The Hall–Kier alpha value is -1.37. The molecule has 0 aliphatic heterocycles. The summed E-state index contributed by atoms with van der Waals surface area (Å²) in [4.78, 5) is 19.3. The van der Waals surface area contributed by atoms with Gasteiger partial charge in [0.1, 0.15) is 11.5 Å². The van der Waals surface area contributed by atoms with Gasteiger partial charge in [0, 0.05) is 16.5 Å². The number of ether oxygens (including phenoxy) is 1. The van der Waals surface area contributed by atoms with E-state index in [1.165, 1.54) is 34.6 Å². The van der Waals surface area contributed by atoms with Gasteiger partial charge in [0.2, 0.25) is 0 Å². The van der Waals surface area contributed by atoms with Crippen molar-refractivity contribution in [2.75, 3.05) is 0 Å². The highest BCUT2D eigenvalue weighted by Crippen LogP contribution is 2.30. The Balaban J connectivity index is 1.51. The van der Waals surface area contributed by atoms with Crippen LogP contribution in [0.15, 0.2) is 17.6 Å². The van der Waals surface area contributed by atoms with Crippen LogP contribution in [0.25, 0.3) is 4.96 Å². The lowest BCUT2D eigenvalue weighted by Crippen LogP contribution is -2.05. The maximum Gasteiger partial charge on any atom is 0.348 e. The highest BCUT2D eigenvalue weighted by Gasteiger charge is 2.19. The zero-order valence-electron chi connectivity index (χ0n) is 11.7. The average molecular weight is 353 g/mol. The van der Waals surface area contributed by atoms with Gasteiger partial charge in [0.25, 0.3) is 0 Å². The Morgan fingerprint density at radius 2 is 2.27 bits per heavy atom. The van der Waals surface area contributed by atoms with Crippen molar-refractivity contribution in [3.63, 3.8) is 0 Å². The highest BCUT2D eigenvalue weighted by atomic mass is 35.5. The lowest BCUT2D eigenvalue weighted by Gasteiger charge is -2.08. The van der Waals surface area contributed by atoms with E-state index in [0.29, 0.717) is 15.7 Å². The summed E-state index contributed by atoms with van der Waals surface area (Å²) in [6.07, 6.45) is 6.45. The molecule has 0 atom stereocenters. The predicted octanol–water partition coefficient (Wildman–Crippen LogP) is 4.35. The third-order valence-electron chi connectivity index (χ3n) is 3.85. The number of carbonyl (C=O) groups excluding carboxylic acids is 1. The number of nitrogens with zero attached hydrogens (tertiary/aromatic N) is 2. The Kier molecular flexibility index (Phi) is 3.68. The van der Waals surface area contributed by atoms with Crippen molar-refractivity contribution in [1.29, 1.82) is 0 Å². The molecule has 0 unspecified atom stereocenters. The Bertz CT molecular complexity index is 826. The molecule has 4 rings (SSSR count). The second kappa shape index (κ2) is 5.68. The maximum atomic E-state index is 12.3. The molecule has 114 valence electrons. The van der Waals surface area contributed by atoms with Crippen LogP contribution in [0.3, 0.4) is 0 Å². The molecule has 3 aromatic heterocycles. The summed E-state index contributed by atoms with van der Waals surface area (Å²) < 4.78 is 7.30. The van der Waals surface area contributed by atoms with E-state index in [0.717, 1.165) is 17.8 Å². The molecule has 3 heterocycles. The number of hydrogen-bond donors (Lipinski definition) is 0. The molecule has 4 nitrogen and oxygen atoms in total. The molecule has 0 saturated carbocycles. The van der Waals surface area contributed by atoms with E-state index in [9.17, 15) is 4.79 Å². The molecule has 0 aromatic carbocycles. The van der Waals surface area contributed by atoms with Crippen molar-refractivity contribution in [3.05, 3.63) is 43.8 Å². The molecule has 22 heavy (non-hydrogen) atoms. The van der Waals surface area contributed by atoms with Crippen LogP contribution in [0.2, 0.25) is 5.15 Å². The molecule has 0 saturated heterocycles. The number of carbonyl (C=O) groups is 1. The molecule has 3 aromatic rings. The first-order valence-corrected chi connectivity index (χ1v) is 9.18. The van der Waals surface area contributed by atoms with E-state index in [4.69, 9.17) is 16.3 Å². The van der Waals surface area contributed by atoms with Crippen LogP contribution in [0.4, 0.5) is 0 Å². The molecule has 0 radical (unpaired) electrons. The topological polar surface area (TPSA) is 43.6 Å². The summed E-state index contributed by atoms with van der Waals surface area (Å²) in [7, 11) is 0. The molecule has 1 aliphatic rings. The summed E-state index contributed by atoms with van der Waals surface area (Å²) in [5.41, 5.74) is 2.03. The lowest BCUT2D eigenvalue weighted by atomic mass is 9.99. The van der Waals surface area contributed by atoms with E-state index < -0.39 is 0 Å². The minimum atomic E-state index is -0.277. The first kappa shape index (κ1) is 14.2. The lowest BCUT2D eigenvalue weighted by molar-refractivity contribution is 0.0473. The average Bonchev–Trinajstić information content (AvgIpc) is 3.19. The van der Waals surface area contributed by atoms with Crippen LogP contribution in [-0.2, 0) is 24.2 Å². The molecular weight excluding hydrogens is 340 g/mol. The third-order valence-corrected chi connectivity index (χ3v) is 6.13. The van der Waals surface area contributed by atoms with Crippen molar-refractivity contribution in [2.45, 2.75) is 32.3 Å². The fraction of sp³-hybridized carbons (Fsp3) is 0.333. The maximum absolute atomic E-state index is 12.3. The molecule has 7 heteroatoms. The molecule has 0 spiro atoms. The number of halogens is 1. The van der Waals surface area contributed by atoms with Gasteiger partial charge in [0.15, 0.2) is 10.1 Å². The number of imidazole rings is 1. The van der Waals surface area contributed by atoms with E-state index in [1.54, 1.807) is 11.3 Å². The first-order chi connectivity index (χ1) is 10.7. The van der Waals surface area contributed by atoms with E-state index in [2.05, 4.69) is 4.98 Å². The van der Waals surface area contributed by atoms with Crippen molar-refractivity contribution in [1.82, 2.24) is 9.38 Å². The summed E-state index contributed by atoms with van der Waals surface area (Å²) >= 11 is 9.17. The van der Waals surface area contributed by atoms with Crippen LogP contribution >= 0.6 is 34.3 Å². The molecule has 1 aliphatic carbocycles. The second-order valence-corrected chi connectivity index (χ2v) is 7.61. The van der Waals surface area contributed by atoms with Crippen LogP contribution in [0.1, 0.15) is 38.6 Å². The standard InChI is InChI=1S/C15H13ClN2O2S2/c16-13-10(18-5-6-21-15(18)17-13)8-20-14(19)12-7-9-3-1-2-4-11(9)22-12/h5-7H,1-4,8H2. The Morgan fingerprint density at radius 1 is 1.41 bits per heavy atom. The van der Waals surface area contributed by atoms with Gasteiger partial charge in [-0.25, -0.2) is 9.78 Å². The highest BCUT2D eigenvalue weighted by molar-refractivity contribution is 7.15. The van der Waals surface area contributed by atoms with Crippen LogP contribution in [0, 0.1) is 0 Å². The van der Waals surface area contributed by atoms with Crippen molar-refractivity contribution >= 4 is 45.2 Å². The SMILES string of the molecule is O=C(OCc1c(Cl)nc2sccn12)c1cc2c(s1)CCCC2. The number of aromatic nitrogens is 2. The van der Waals surface area contributed by atoms with E-state index in [1.807, 2.05) is 22.0 Å². The number of aryl methyl sites for hydroxylation is 2. The monoisotopic (exact) mass is 352 g/mol. The number of hydrogen-bond acceptors (Lipinski definition) is 5. The summed E-state index contributed by atoms with van der Waals surface area (Å²) in [5.74, 6) is -0.277. The number of fused-ring (bicyclic) bond motifs is 2. The molecule has 0 amide bonds.